The molecule has 3 rings (SSSR count). The molecule has 0 atom stereocenters. The predicted molar refractivity (Wildman–Crippen MR) is 70.7 cm³/mol. The largest absolute Gasteiger partial charge is 0.341 e. The highest BCUT2D eigenvalue weighted by molar-refractivity contribution is 7.98. The number of nitrogens with zero attached hydrogens (tertiary/aromatic N) is 4. The monoisotopic (exact) mass is 252 g/mol. The van der Waals surface area contributed by atoms with Crippen molar-refractivity contribution in [3.05, 3.63) is 0 Å². The fourth-order valence-corrected chi connectivity index (χ4v) is 3.03. The first-order valence-corrected chi connectivity index (χ1v) is 7.76. The van der Waals surface area contributed by atoms with Crippen LogP contribution in [-0.2, 0) is 0 Å². The number of aromatic nitrogens is 3. The highest BCUT2D eigenvalue weighted by Gasteiger charge is 2.32. The maximum Gasteiger partial charge on any atom is 0.228 e. The predicted octanol–water partition coefficient (Wildman–Crippen LogP) is 2.57. The highest BCUT2D eigenvalue weighted by Crippen LogP contribution is 2.41. The number of hydrogen-bond donors (Lipinski definition) is 0. The van der Waals surface area contributed by atoms with Gasteiger partial charge in [0.2, 0.25) is 5.95 Å². The number of thioether (sulfide) groups is 1. The number of rotatable bonds is 3. The third-order valence-electron chi connectivity index (χ3n) is 3.81. The second-order valence-electron chi connectivity index (χ2n) is 5.26. The lowest BCUT2D eigenvalue weighted by molar-refractivity contribution is 0.429. The van der Waals surface area contributed by atoms with Crippen molar-refractivity contribution in [1.29, 1.82) is 0 Å². The Hall–Kier alpha value is -0.710. The number of piperidine rings is 1. The van der Waals surface area contributed by atoms with Crippen LogP contribution in [0.25, 0.3) is 0 Å². The van der Waals surface area contributed by atoms with E-state index in [1.165, 1.54) is 25.7 Å². The van der Waals surface area contributed by atoms with Crippen LogP contribution in [0.5, 0.6) is 0 Å². The molecule has 0 aromatic carbocycles. The summed E-state index contributed by atoms with van der Waals surface area (Å²) in [5.41, 5.74) is 0. The zero-order valence-corrected chi connectivity index (χ0v) is 11.4. The van der Waals surface area contributed by atoms with Gasteiger partial charge in [-0.05, 0) is 37.9 Å². The van der Waals surface area contributed by atoms with Crippen molar-refractivity contribution in [2.45, 2.75) is 43.8 Å². The molecule has 5 heteroatoms. The van der Waals surface area contributed by atoms with E-state index >= 15 is 0 Å². The van der Waals surface area contributed by atoms with Gasteiger partial charge in [-0.15, -0.1) is 10.2 Å². The lowest BCUT2D eigenvalue weighted by Crippen LogP contribution is -2.34. The number of hydrogen-bond acceptors (Lipinski definition) is 4. The molecule has 0 N–H and O–H groups in total. The van der Waals surface area contributed by atoms with Crippen LogP contribution in [0.1, 0.15) is 38.6 Å². The molecule has 94 valence electrons. The third-order valence-corrected chi connectivity index (χ3v) is 4.45. The summed E-state index contributed by atoms with van der Waals surface area (Å²) in [5.74, 6) is 1.98. The van der Waals surface area contributed by atoms with Gasteiger partial charge in [0.25, 0.3) is 0 Å². The molecule has 1 aliphatic carbocycles. The lowest BCUT2D eigenvalue weighted by Gasteiger charge is -2.31. The first-order chi connectivity index (χ1) is 8.29. The van der Waals surface area contributed by atoms with Crippen molar-refractivity contribution in [2.75, 3.05) is 24.2 Å². The Kier molecular flexibility index (Phi) is 3.03. The first-order valence-electron chi connectivity index (χ1n) is 6.53. The zero-order valence-electron chi connectivity index (χ0n) is 10.6. The van der Waals surface area contributed by atoms with Crippen molar-refractivity contribution in [3.63, 3.8) is 0 Å². The Bertz CT molecular complexity index is 391. The van der Waals surface area contributed by atoms with Gasteiger partial charge in [0.15, 0.2) is 5.16 Å². The lowest BCUT2D eigenvalue weighted by atomic mass is 10.00. The summed E-state index contributed by atoms with van der Waals surface area (Å²) < 4.78 is 2.36. The molecular weight excluding hydrogens is 232 g/mol. The second-order valence-corrected chi connectivity index (χ2v) is 6.03. The average Bonchev–Trinajstić information content (AvgIpc) is 3.10. The molecule has 2 heterocycles. The Morgan fingerprint density at radius 3 is 2.41 bits per heavy atom. The van der Waals surface area contributed by atoms with E-state index in [4.69, 9.17) is 0 Å². The van der Waals surface area contributed by atoms with E-state index in [2.05, 4.69) is 32.8 Å². The van der Waals surface area contributed by atoms with Crippen LogP contribution in [0.15, 0.2) is 5.16 Å². The van der Waals surface area contributed by atoms with Crippen molar-refractivity contribution < 1.29 is 0 Å². The summed E-state index contributed by atoms with van der Waals surface area (Å²) in [5, 5.41) is 9.82. The molecule has 1 aromatic rings. The van der Waals surface area contributed by atoms with Gasteiger partial charge in [-0.3, -0.25) is 4.57 Å². The SMILES string of the molecule is CSc1nnc(N2CCC(C)CC2)n1C1CC1. The fourth-order valence-electron chi connectivity index (χ4n) is 2.48. The molecule has 0 amide bonds. The van der Waals surface area contributed by atoms with Crippen molar-refractivity contribution >= 4 is 17.7 Å². The van der Waals surface area contributed by atoms with Gasteiger partial charge >= 0.3 is 0 Å². The Morgan fingerprint density at radius 1 is 1.12 bits per heavy atom. The Balaban J connectivity index is 1.84. The van der Waals surface area contributed by atoms with Crippen LogP contribution < -0.4 is 4.90 Å². The van der Waals surface area contributed by atoms with E-state index in [1.807, 2.05) is 0 Å². The minimum Gasteiger partial charge on any atom is -0.341 e. The smallest absolute Gasteiger partial charge is 0.228 e. The van der Waals surface area contributed by atoms with Gasteiger partial charge in [0.05, 0.1) is 0 Å². The quantitative estimate of drug-likeness (QED) is 0.774. The molecule has 1 saturated carbocycles. The van der Waals surface area contributed by atoms with E-state index in [0.29, 0.717) is 6.04 Å². The molecule has 4 nitrogen and oxygen atoms in total. The van der Waals surface area contributed by atoms with E-state index in [1.54, 1.807) is 11.8 Å². The topological polar surface area (TPSA) is 34.0 Å². The molecule has 1 saturated heterocycles. The van der Waals surface area contributed by atoms with Crippen LogP contribution in [0.3, 0.4) is 0 Å². The normalized spacial score (nSPS) is 22.1. The van der Waals surface area contributed by atoms with E-state index in [-0.39, 0.29) is 0 Å². The van der Waals surface area contributed by atoms with Crippen LogP contribution in [-0.4, -0.2) is 34.1 Å². The molecular formula is C12H20N4S. The summed E-state index contributed by atoms with van der Waals surface area (Å²) >= 11 is 1.71. The summed E-state index contributed by atoms with van der Waals surface area (Å²) in [6.45, 7) is 4.62. The Morgan fingerprint density at radius 2 is 1.82 bits per heavy atom. The highest BCUT2D eigenvalue weighted by atomic mass is 32.2. The minimum atomic E-state index is 0.668. The molecule has 0 radical (unpaired) electrons. The molecule has 2 aliphatic rings. The van der Waals surface area contributed by atoms with Gasteiger partial charge in [-0.25, -0.2) is 0 Å². The van der Waals surface area contributed by atoms with Crippen molar-refractivity contribution in [3.8, 4) is 0 Å². The van der Waals surface area contributed by atoms with Crippen LogP contribution >= 0.6 is 11.8 Å². The van der Waals surface area contributed by atoms with Gasteiger partial charge < -0.3 is 4.90 Å². The first kappa shape index (κ1) is 11.4. The van der Waals surface area contributed by atoms with Gasteiger partial charge in [-0.2, -0.15) is 0 Å². The standard InChI is InChI=1S/C12H20N4S/c1-9-5-7-15(8-6-9)11-13-14-12(17-2)16(11)10-3-4-10/h9-10H,3-8H2,1-2H3. The molecule has 1 aromatic heterocycles. The molecule has 0 unspecified atom stereocenters. The summed E-state index contributed by atoms with van der Waals surface area (Å²) in [6.07, 6.45) is 7.24. The van der Waals surface area contributed by atoms with E-state index in [9.17, 15) is 0 Å². The third kappa shape index (κ3) is 2.17. The minimum absolute atomic E-state index is 0.668. The molecule has 1 aliphatic heterocycles. The van der Waals surface area contributed by atoms with Gasteiger partial charge in [0.1, 0.15) is 0 Å². The van der Waals surface area contributed by atoms with Crippen LogP contribution in [0.2, 0.25) is 0 Å². The zero-order chi connectivity index (χ0) is 11.8. The maximum atomic E-state index is 4.41. The Labute approximate surface area is 107 Å². The van der Waals surface area contributed by atoms with Crippen molar-refractivity contribution in [2.24, 2.45) is 5.92 Å². The van der Waals surface area contributed by atoms with Crippen LogP contribution in [0.4, 0.5) is 5.95 Å². The summed E-state index contributed by atoms with van der Waals surface area (Å²) in [4.78, 5) is 2.42. The van der Waals surface area contributed by atoms with Gasteiger partial charge in [0, 0.05) is 19.1 Å². The maximum absolute atomic E-state index is 4.41. The van der Waals surface area contributed by atoms with E-state index in [0.717, 1.165) is 30.1 Å². The molecule has 17 heavy (non-hydrogen) atoms. The molecule has 0 bridgehead atoms. The molecule has 0 spiro atoms. The number of anilines is 1. The summed E-state index contributed by atoms with van der Waals surface area (Å²) in [7, 11) is 0. The fraction of sp³-hybridized carbons (Fsp3) is 0.833. The second kappa shape index (κ2) is 4.52. The van der Waals surface area contributed by atoms with Gasteiger partial charge in [-0.1, -0.05) is 18.7 Å². The summed E-state index contributed by atoms with van der Waals surface area (Å²) in [6, 6.07) is 0.668. The average molecular weight is 252 g/mol. The molecule has 2 fully saturated rings. The van der Waals surface area contributed by atoms with Crippen LogP contribution in [0, 0.1) is 5.92 Å². The van der Waals surface area contributed by atoms with Crippen molar-refractivity contribution in [1.82, 2.24) is 14.8 Å². The van der Waals surface area contributed by atoms with E-state index < -0.39 is 0 Å².